The molecule has 0 unspecified atom stereocenters. The fourth-order valence-electron chi connectivity index (χ4n) is 4.47. The number of nitrogen functional groups attached to an aromatic ring is 1. The van der Waals surface area contributed by atoms with Crippen molar-refractivity contribution in [3.63, 3.8) is 0 Å². The molecule has 33 heavy (non-hydrogen) atoms. The number of anilines is 2. The van der Waals surface area contributed by atoms with Crippen LogP contribution in [0.15, 0.2) is 29.1 Å². The van der Waals surface area contributed by atoms with Crippen molar-refractivity contribution in [2.45, 2.75) is 19.9 Å². The van der Waals surface area contributed by atoms with Gasteiger partial charge in [-0.1, -0.05) is 0 Å². The van der Waals surface area contributed by atoms with Gasteiger partial charge in [0.2, 0.25) is 0 Å². The lowest BCUT2D eigenvalue weighted by atomic mass is 10.1. The number of hydrogen-bond acceptors (Lipinski definition) is 5. The maximum Gasteiger partial charge on any atom is 0.261 e. The Labute approximate surface area is 187 Å². The quantitative estimate of drug-likeness (QED) is 0.438. The Morgan fingerprint density at radius 3 is 2.48 bits per heavy atom. The Bertz CT molecular complexity index is 1440. The summed E-state index contributed by atoms with van der Waals surface area (Å²) in [7, 11) is 0. The zero-order valence-corrected chi connectivity index (χ0v) is 18.2. The van der Waals surface area contributed by atoms with E-state index in [1.165, 1.54) is 18.2 Å². The van der Waals surface area contributed by atoms with Crippen LogP contribution in [0.2, 0.25) is 0 Å². The largest absolute Gasteiger partial charge is 0.397 e. The van der Waals surface area contributed by atoms with E-state index in [0.29, 0.717) is 43.1 Å². The van der Waals surface area contributed by atoms with Crippen molar-refractivity contribution < 1.29 is 13.2 Å². The highest BCUT2D eigenvalue weighted by Gasteiger charge is 2.27. The average Bonchev–Trinajstić information content (AvgIpc) is 3.18. The van der Waals surface area contributed by atoms with Crippen LogP contribution in [0.4, 0.5) is 24.5 Å². The van der Waals surface area contributed by atoms with Gasteiger partial charge in [-0.3, -0.25) is 9.69 Å². The Hall–Kier alpha value is -3.53. The predicted octanol–water partition coefficient (Wildman–Crippen LogP) is 3.60. The monoisotopic (exact) mass is 456 g/mol. The molecule has 0 amide bonds. The van der Waals surface area contributed by atoms with Crippen molar-refractivity contribution in [1.82, 2.24) is 19.9 Å². The molecule has 3 heterocycles. The van der Waals surface area contributed by atoms with E-state index in [9.17, 15) is 13.6 Å². The van der Waals surface area contributed by atoms with Crippen LogP contribution in [0.5, 0.6) is 0 Å². The number of benzene rings is 2. The number of hydrogen-bond donors (Lipinski definition) is 3. The van der Waals surface area contributed by atoms with Crippen LogP contribution in [0, 0.1) is 17.5 Å². The number of aromatic nitrogens is 3. The summed E-state index contributed by atoms with van der Waals surface area (Å²) in [6.07, 6.45) is 0. The van der Waals surface area contributed by atoms with Crippen molar-refractivity contribution in [3.8, 4) is 11.4 Å². The molecule has 1 aliphatic rings. The van der Waals surface area contributed by atoms with Crippen LogP contribution in [0.1, 0.15) is 13.8 Å². The highest BCUT2D eigenvalue weighted by atomic mass is 19.1. The first-order valence-corrected chi connectivity index (χ1v) is 10.7. The number of imidazole rings is 1. The van der Waals surface area contributed by atoms with Gasteiger partial charge in [0.05, 0.1) is 16.7 Å². The molecule has 0 radical (unpaired) electrons. The van der Waals surface area contributed by atoms with Crippen molar-refractivity contribution in [2.24, 2.45) is 0 Å². The molecule has 0 aliphatic carbocycles. The zero-order chi connectivity index (χ0) is 23.4. The summed E-state index contributed by atoms with van der Waals surface area (Å²) < 4.78 is 44.2. The molecule has 4 aromatic rings. The number of H-pyrrole nitrogens is 2. The summed E-state index contributed by atoms with van der Waals surface area (Å²) in [6, 6.07) is 5.32. The van der Waals surface area contributed by atoms with Gasteiger partial charge in [0.1, 0.15) is 28.4 Å². The van der Waals surface area contributed by atoms with Crippen LogP contribution in [-0.2, 0) is 0 Å². The first kappa shape index (κ1) is 21.3. The number of nitrogens with two attached hydrogens (primary N) is 1. The van der Waals surface area contributed by atoms with Crippen molar-refractivity contribution in [3.05, 3.63) is 52.1 Å². The lowest BCUT2D eigenvalue weighted by molar-refractivity contribution is 0.208. The van der Waals surface area contributed by atoms with Gasteiger partial charge in [0.25, 0.3) is 5.56 Å². The van der Waals surface area contributed by atoms with Crippen LogP contribution >= 0.6 is 0 Å². The smallest absolute Gasteiger partial charge is 0.261 e. The van der Waals surface area contributed by atoms with E-state index in [1.54, 1.807) is 4.90 Å². The maximum absolute atomic E-state index is 15.5. The van der Waals surface area contributed by atoms with E-state index in [1.807, 2.05) is 0 Å². The normalized spacial score (nSPS) is 15.3. The summed E-state index contributed by atoms with van der Waals surface area (Å²) in [4.78, 5) is 26.3. The standard InChI is InChI=1S/C23H23F3N6O/c1-11(2)31-5-7-32(8-6-31)21-14(25)10-16-20(18(21)26)30-22(28-16)17-19(27)13-9-12(24)3-4-15(13)29-23(17)33/h3-4,9-11H,5-8H2,1-2H3,(H,28,30)(H3,27,29,33). The minimum absolute atomic E-state index is 0.00165. The second-order valence-corrected chi connectivity index (χ2v) is 8.55. The molecule has 2 aromatic carbocycles. The van der Waals surface area contributed by atoms with Crippen molar-refractivity contribution >= 4 is 33.3 Å². The second-order valence-electron chi connectivity index (χ2n) is 8.55. The van der Waals surface area contributed by atoms with Gasteiger partial charge in [0, 0.05) is 43.7 Å². The van der Waals surface area contributed by atoms with Gasteiger partial charge in [0.15, 0.2) is 11.6 Å². The summed E-state index contributed by atoms with van der Waals surface area (Å²) >= 11 is 0. The fourth-order valence-corrected chi connectivity index (χ4v) is 4.47. The number of fused-ring (bicyclic) bond motifs is 2. The summed E-state index contributed by atoms with van der Waals surface area (Å²) in [5.74, 6) is -2.04. The predicted molar refractivity (Wildman–Crippen MR) is 123 cm³/mol. The van der Waals surface area contributed by atoms with Crippen LogP contribution < -0.4 is 16.2 Å². The molecule has 5 rings (SSSR count). The van der Waals surface area contributed by atoms with E-state index >= 15 is 4.39 Å². The van der Waals surface area contributed by atoms with Crippen molar-refractivity contribution in [2.75, 3.05) is 36.8 Å². The lowest BCUT2D eigenvalue weighted by Gasteiger charge is -2.38. The van der Waals surface area contributed by atoms with Crippen LogP contribution in [0.25, 0.3) is 33.3 Å². The van der Waals surface area contributed by atoms with E-state index in [-0.39, 0.29) is 33.8 Å². The van der Waals surface area contributed by atoms with Gasteiger partial charge >= 0.3 is 0 Å². The maximum atomic E-state index is 15.5. The molecule has 0 bridgehead atoms. The molecule has 1 saturated heterocycles. The molecule has 1 fully saturated rings. The minimum Gasteiger partial charge on any atom is -0.397 e. The van der Waals surface area contributed by atoms with Gasteiger partial charge in [-0.2, -0.15) is 0 Å². The van der Waals surface area contributed by atoms with Gasteiger partial charge in [-0.05, 0) is 32.0 Å². The minimum atomic E-state index is -0.774. The highest BCUT2D eigenvalue weighted by Crippen LogP contribution is 2.34. The van der Waals surface area contributed by atoms with E-state index in [4.69, 9.17) is 5.73 Å². The third-order valence-corrected chi connectivity index (χ3v) is 6.26. The van der Waals surface area contributed by atoms with E-state index in [0.717, 1.165) is 6.07 Å². The molecular formula is C23H23F3N6O. The Morgan fingerprint density at radius 1 is 1.06 bits per heavy atom. The zero-order valence-electron chi connectivity index (χ0n) is 18.2. The molecular weight excluding hydrogens is 433 g/mol. The summed E-state index contributed by atoms with van der Waals surface area (Å²) in [5, 5.41) is 0.292. The number of pyridine rings is 1. The number of nitrogens with one attached hydrogen (secondary N) is 2. The van der Waals surface area contributed by atoms with Crippen LogP contribution in [-0.4, -0.2) is 52.1 Å². The second kappa shape index (κ2) is 7.80. The number of rotatable bonds is 3. The van der Waals surface area contributed by atoms with Crippen LogP contribution in [0.3, 0.4) is 0 Å². The first-order valence-electron chi connectivity index (χ1n) is 10.7. The molecule has 4 N–H and O–H groups in total. The molecule has 1 aliphatic heterocycles. The van der Waals surface area contributed by atoms with Crippen molar-refractivity contribution in [1.29, 1.82) is 0 Å². The third kappa shape index (κ3) is 3.50. The Balaban J connectivity index is 1.60. The molecule has 0 atom stereocenters. The molecule has 7 nitrogen and oxygen atoms in total. The molecule has 10 heteroatoms. The highest BCUT2D eigenvalue weighted by molar-refractivity contribution is 5.98. The molecule has 172 valence electrons. The Morgan fingerprint density at radius 2 is 1.79 bits per heavy atom. The summed E-state index contributed by atoms with van der Waals surface area (Å²) in [6.45, 7) is 6.54. The SMILES string of the molecule is CC(C)N1CCN(c2c(F)cc3nc(-c4c(N)c5cc(F)ccc5[nH]c4=O)[nH]c3c2F)CC1. The number of piperazine rings is 1. The number of aromatic amines is 2. The van der Waals surface area contributed by atoms with Gasteiger partial charge < -0.3 is 20.6 Å². The molecule has 0 saturated carbocycles. The fraction of sp³-hybridized carbons (Fsp3) is 0.304. The third-order valence-electron chi connectivity index (χ3n) is 6.26. The molecule has 0 spiro atoms. The van der Waals surface area contributed by atoms with E-state index < -0.39 is 23.0 Å². The van der Waals surface area contributed by atoms with Gasteiger partial charge in [-0.25, -0.2) is 18.2 Å². The first-order chi connectivity index (χ1) is 15.7. The number of nitrogens with zero attached hydrogens (tertiary/aromatic N) is 3. The summed E-state index contributed by atoms with van der Waals surface area (Å²) in [5.41, 5.74) is 5.78. The lowest BCUT2D eigenvalue weighted by Crippen LogP contribution is -2.49. The van der Waals surface area contributed by atoms with Gasteiger partial charge in [-0.15, -0.1) is 0 Å². The number of halogens is 3. The Kier molecular flexibility index (Phi) is 5.04. The average molecular weight is 456 g/mol. The molecule has 2 aromatic heterocycles. The topological polar surface area (TPSA) is 94.0 Å². The van der Waals surface area contributed by atoms with E-state index in [2.05, 4.69) is 33.7 Å².